The van der Waals surface area contributed by atoms with Gasteiger partial charge in [0.05, 0.1) is 4.90 Å². The largest absolute Gasteiger partial charge is 0.356 e. The highest BCUT2D eigenvalue weighted by atomic mass is 32.2. The van der Waals surface area contributed by atoms with E-state index in [-0.39, 0.29) is 11.7 Å². The van der Waals surface area contributed by atoms with Crippen molar-refractivity contribution in [2.75, 3.05) is 19.6 Å². The Balaban J connectivity index is 1.45. The second-order valence-electron chi connectivity index (χ2n) is 6.95. The number of halogens is 1. The Morgan fingerprint density at radius 1 is 1.00 bits per heavy atom. The van der Waals surface area contributed by atoms with Gasteiger partial charge in [0, 0.05) is 26.1 Å². The van der Waals surface area contributed by atoms with E-state index in [9.17, 15) is 17.6 Å². The summed E-state index contributed by atoms with van der Waals surface area (Å²) in [6.07, 6.45) is 3.08. The van der Waals surface area contributed by atoms with Gasteiger partial charge in [0.15, 0.2) is 0 Å². The van der Waals surface area contributed by atoms with Gasteiger partial charge >= 0.3 is 0 Å². The molecule has 2 aromatic rings. The van der Waals surface area contributed by atoms with Crippen molar-refractivity contribution in [1.82, 2.24) is 9.62 Å². The summed E-state index contributed by atoms with van der Waals surface area (Å²) in [6, 6.07) is 13.3. The molecule has 1 N–H and O–H groups in total. The molecule has 0 aromatic heterocycles. The first kappa shape index (κ1) is 20.5. The van der Waals surface area contributed by atoms with Gasteiger partial charge in [-0.3, -0.25) is 4.79 Å². The highest BCUT2D eigenvalue weighted by Crippen LogP contribution is 2.21. The molecule has 0 unspecified atom stereocenters. The Morgan fingerprint density at radius 3 is 2.36 bits per heavy atom. The van der Waals surface area contributed by atoms with E-state index in [1.165, 1.54) is 10.4 Å². The topological polar surface area (TPSA) is 66.5 Å². The maximum absolute atomic E-state index is 13.5. The molecule has 0 spiro atoms. The third-order valence-electron chi connectivity index (χ3n) is 4.94. The van der Waals surface area contributed by atoms with Crippen LogP contribution in [0, 0.1) is 5.82 Å². The van der Waals surface area contributed by atoms with Crippen molar-refractivity contribution < 1.29 is 17.6 Å². The van der Waals surface area contributed by atoms with Crippen molar-refractivity contribution in [3.8, 4) is 0 Å². The van der Waals surface area contributed by atoms with Gasteiger partial charge in [-0.25, -0.2) is 12.8 Å². The molecule has 0 aliphatic carbocycles. The molecular weight excluding hydrogens is 379 g/mol. The van der Waals surface area contributed by atoms with Crippen molar-refractivity contribution in [3.63, 3.8) is 0 Å². The van der Waals surface area contributed by atoms with Crippen LogP contribution in [0.2, 0.25) is 0 Å². The molecule has 1 fully saturated rings. The Kier molecular flexibility index (Phi) is 6.80. The van der Waals surface area contributed by atoms with Gasteiger partial charge in [0.1, 0.15) is 5.82 Å². The minimum atomic E-state index is -3.41. The molecule has 0 bridgehead atoms. The number of amides is 1. The standard InChI is InChI=1S/C21H25FN2O3S/c22-20-6-2-1-5-18(20)13-14-23-21(25)12-9-17-7-10-19(11-8-17)28(26,27)24-15-3-4-16-24/h1-2,5-8,10-11H,3-4,9,12-16H2,(H,23,25). The lowest BCUT2D eigenvalue weighted by Gasteiger charge is -2.15. The quantitative estimate of drug-likeness (QED) is 0.736. The fraction of sp³-hybridized carbons (Fsp3) is 0.381. The zero-order valence-electron chi connectivity index (χ0n) is 15.7. The second kappa shape index (κ2) is 9.30. The molecule has 1 amide bonds. The van der Waals surface area contributed by atoms with Crippen molar-refractivity contribution in [2.24, 2.45) is 0 Å². The molecular formula is C21H25FN2O3S. The van der Waals surface area contributed by atoms with E-state index in [0.29, 0.717) is 49.4 Å². The Morgan fingerprint density at radius 2 is 1.68 bits per heavy atom. The third-order valence-corrected chi connectivity index (χ3v) is 6.85. The molecule has 0 atom stereocenters. The summed E-state index contributed by atoms with van der Waals surface area (Å²) in [7, 11) is -3.41. The number of nitrogens with zero attached hydrogens (tertiary/aromatic N) is 1. The van der Waals surface area contributed by atoms with Gasteiger partial charge in [-0.05, 0) is 55.0 Å². The average molecular weight is 405 g/mol. The van der Waals surface area contributed by atoms with Crippen LogP contribution in [0.1, 0.15) is 30.4 Å². The predicted octanol–water partition coefficient (Wildman–Crippen LogP) is 2.90. The van der Waals surface area contributed by atoms with Crippen molar-refractivity contribution in [2.45, 2.75) is 37.0 Å². The zero-order valence-corrected chi connectivity index (χ0v) is 16.6. The minimum Gasteiger partial charge on any atom is -0.356 e. The molecule has 3 rings (SSSR count). The molecule has 7 heteroatoms. The molecule has 0 radical (unpaired) electrons. The maximum atomic E-state index is 13.5. The summed E-state index contributed by atoms with van der Waals surface area (Å²) in [5, 5.41) is 2.79. The maximum Gasteiger partial charge on any atom is 0.243 e. The Labute approximate surface area is 165 Å². The van der Waals surface area contributed by atoms with E-state index >= 15 is 0 Å². The smallest absolute Gasteiger partial charge is 0.243 e. The van der Waals surface area contributed by atoms with E-state index in [2.05, 4.69) is 5.32 Å². The van der Waals surface area contributed by atoms with Gasteiger partial charge in [0.25, 0.3) is 0 Å². The summed E-state index contributed by atoms with van der Waals surface area (Å²) in [4.78, 5) is 12.3. The summed E-state index contributed by atoms with van der Waals surface area (Å²) in [5.74, 6) is -0.370. The number of hydrogen-bond donors (Lipinski definition) is 1. The van der Waals surface area contributed by atoms with Crippen LogP contribution < -0.4 is 5.32 Å². The van der Waals surface area contributed by atoms with Crippen LogP contribution in [0.4, 0.5) is 4.39 Å². The van der Waals surface area contributed by atoms with E-state index in [4.69, 9.17) is 0 Å². The summed E-state index contributed by atoms with van der Waals surface area (Å²) < 4.78 is 40.1. The first-order valence-electron chi connectivity index (χ1n) is 9.56. The van der Waals surface area contributed by atoms with Gasteiger partial charge < -0.3 is 5.32 Å². The van der Waals surface area contributed by atoms with Crippen LogP contribution in [0.25, 0.3) is 0 Å². The van der Waals surface area contributed by atoms with Crippen LogP contribution >= 0.6 is 0 Å². The van der Waals surface area contributed by atoms with Gasteiger partial charge in [0.2, 0.25) is 15.9 Å². The predicted molar refractivity (Wildman–Crippen MR) is 106 cm³/mol. The molecule has 1 aliphatic heterocycles. The van der Waals surface area contributed by atoms with Crippen molar-refractivity contribution in [3.05, 3.63) is 65.5 Å². The first-order chi connectivity index (χ1) is 13.5. The average Bonchev–Trinajstić information content (AvgIpc) is 3.24. The number of carbonyl (C=O) groups excluding carboxylic acids is 1. The molecule has 150 valence electrons. The number of benzene rings is 2. The summed E-state index contributed by atoms with van der Waals surface area (Å²) in [5.41, 5.74) is 1.49. The first-order valence-corrected chi connectivity index (χ1v) is 11.0. The normalized spacial score (nSPS) is 14.9. The van der Waals surface area contributed by atoms with E-state index in [0.717, 1.165) is 18.4 Å². The Bertz CT molecular complexity index is 908. The minimum absolute atomic E-state index is 0.106. The lowest BCUT2D eigenvalue weighted by Crippen LogP contribution is -2.27. The van der Waals surface area contributed by atoms with Crippen LogP contribution in [-0.4, -0.2) is 38.3 Å². The highest BCUT2D eigenvalue weighted by Gasteiger charge is 2.26. The number of rotatable bonds is 8. The van der Waals surface area contributed by atoms with Crippen LogP contribution in [0.3, 0.4) is 0 Å². The van der Waals surface area contributed by atoms with E-state index in [1.54, 1.807) is 42.5 Å². The Hall–Kier alpha value is -2.25. The zero-order chi connectivity index (χ0) is 20.0. The number of hydrogen-bond acceptors (Lipinski definition) is 3. The van der Waals surface area contributed by atoms with Crippen molar-refractivity contribution >= 4 is 15.9 Å². The summed E-state index contributed by atoms with van der Waals surface area (Å²) in [6.45, 7) is 1.54. The molecule has 5 nitrogen and oxygen atoms in total. The fourth-order valence-corrected chi connectivity index (χ4v) is 4.81. The molecule has 28 heavy (non-hydrogen) atoms. The number of sulfonamides is 1. The van der Waals surface area contributed by atoms with E-state index in [1.807, 2.05) is 0 Å². The van der Waals surface area contributed by atoms with E-state index < -0.39 is 10.0 Å². The molecule has 1 heterocycles. The lowest BCUT2D eigenvalue weighted by molar-refractivity contribution is -0.121. The second-order valence-corrected chi connectivity index (χ2v) is 8.88. The molecule has 1 saturated heterocycles. The molecule has 0 saturated carbocycles. The lowest BCUT2D eigenvalue weighted by atomic mass is 10.1. The van der Waals surface area contributed by atoms with Crippen LogP contribution in [0.5, 0.6) is 0 Å². The van der Waals surface area contributed by atoms with Gasteiger partial charge in [-0.15, -0.1) is 0 Å². The number of carbonyl (C=O) groups is 1. The highest BCUT2D eigenvalue weighted by molar-refractivity contribution is 7.89. The van der Waals surface area contributed by atoms with Crippen LogP contribution in [-0.2, 0) is 27.7 Å². The monoisotopic (exact) mass is 404 g/mol. The van der Waals surface area contributed by atoms with Crippen molar-refractivity contribution in [1.29, 1.82) is 0 Å². The van der Waals surface area contributed by atoms with Gasteiger partial charge in [-0.2, -0.15) is 4.31 Å². The van der Waals surface area contributed by atoms with Gasteiger partial charge in [-0.1, -0.05) is 30.3 Å². The molecule has 2 aromatic carbocycles. The SMILES string of the molecule is O=C(CCc1ccc(S(=O)(=O)N2CCCC2)cc1)NCCc1ccccc1F. The number of aryl methyl sites for hydroxylation is 1. The fourth-order valence-electron chi connectivity index (χ4n) is 3.29. The van der Waals surface area contributed by atoms with Crippen LogP contribution in [0.15, 0.2) is 53.4 Å². The third kappa shape index (κ3) is 5.17. The summed E-state index contributed by atoms with van der Waals surface area (Å²) >= 11 is 0. The molecule has 1 aliphatic rings. The number of nitrogens with one attached hydrogen (secondary N) is 1.